The van der Waals surface area contributed by atoms with Gasteiger partial charge in [0, 0.05) is 23.8 Å². The summed E-state index contributed by atoms with van der Waals surface area (Å²) in [5.74, 6) is 1.57. The molecule has 4 aromatic rings. The number of carbonyl (C=O) groups is 1. The van der Waals surface area contributed by atoms with Gasteiger partial charge in [-0.1, -0.05) is 30.3 Å². The monoisotopic (exact) mass is 400 g/mol. The number of aromatic nitrogens is 1. The van der Waals surface area contributed by atoms with E-state index in [2.05, 4.69) is 10.3 Å². The molecule has 0 radical (unpaired) electrons. The largest absolute Gasteiger partial charge is 0.457 e. The number of pyridine rings is 1. The quantitative estimate of drug-likeness (QED) is 0.441. The average Bonchev–Trinajstić information content (AvgIpc) is 3.27. The fraction of sp³-hybridized carbons (Fsp3) is 0.0833. The van der Waals surface area contributed by atoms with Crippen LogP contribution in [0.5, 0.6) is 11.5 Å². The van der Waals surface area contributed by atoms with Crippen LogP contribution in [0.1, 0.15) is 15.2 Å². The van der Waals surface area contributed by atoms with E-state index in [1.807, 2.05) is 78.9 Å². The molecule has 0 saturated heterocycles. The maximum absolute atomic E-state index is 12.4. The molecule has 4 rings (SSSR count). The van der Waals surface area contributed by atoms with Gasteiger partial charge in [0.15, 0.2) is 0 Å². The number of para-hydroxylation sites is 1. The number of rotatable bonds is 7. The second-order valence-corrected chi connectivity index (χ2v) is 7.55. The molecule has 2 aromatic heterocycles. The highest BCUT2D eigenvalue weighted by Gasteiger charge is 2.10. The van der Waals surface area contributed by atoms with Crippen LogP contribution < -0.4 is 10.1 Å². The Bertz CT molecular complexity index is 1060. The van der Waals surface area contributed by atoms with Crippen molar-refractivity contribution < 1.29 is 9.53 Å². The van der Waals surface area contributed by atoms with Gasteiger partial charge in [0.05, 0.1) is 4.88 Å². The Hall–Kier alpha value is -3.44. The lowest BCUT2D eigenvalue weighted by atomic mass is 10.1. The third-order valence-electron chi connectivity index (χ3n) is 4.40. The topological polar surface area (TPSA) is 51.2 Å². The molecule has 1 amide bonds. The number of nitrogens with one attached hydrogen (secondary N) is 1. The summed E-state index contributed by atoms with van der Waals surface area (Å²) < 4.78 is 5.80. The van der Waals surface area contributed by atoms with Crippen molar-refractivity contribution in [3.05, 3.63) is 102 Å². The predicted octanol–water partition coefficient (Wildman–Crippen LogP) is 5.57. The van der Waals surface area contributed by atoms with E-state index in [1.165, 1.54) is 11.3 Å². The third-order valence-corrected chi connectivity index (χ3v) is 5.53. The molecule has 0 saturated carbocycles. The molecule has 4 nitrogen and oxygen atoms in total. The Labute approximate surface area is 173 Å². The zero-order chi connectivity index (χ0) is 19.9. The molecule has 0 fully saturated rings. The number of carbonyl (C=O) groups excluding carboxylic acids is 1. The van der Waals surface area contributed by atoms with Crippen molar-refractivity contribution in [3.8, 4) is 21.9 Å². The van der Waals surface area contributed by atoms with Gasteiger partial charge in [-0.05, 0) is 66.1 Å². The molecule has 0 unspecified atom stereocenters. The lowest BCUT2D eigenvalue weighted by Crippen LogP contribution is -2.24. The summed E-state index contributed by atoms with van der Waals surface area (Å²) in [6.07, 6.45) is 4.27. The van der Waals surface area contributed by atoms with Crippen LogP contribution in [0.15, 0.2) is 91.3 Å². The van der Waals surface area contributed by atoms with Crippen molar-refractivity contribution in [2.75, 3.05) is 6.54 Å². The first kappa shape index (κ1) is 18.9. The lowest BCUT2D eigenvalue weighted by Gasteiger charge is -2.07. The molecule has 2 heterocycles. The molecule has 0 atom stereocenters. The number of nitrogens with zero attached hydrogens (tertiary/aromatic N) is 1. The molecule has 0 aliphatic rings. The Morgan fingerprint density at radius 3 is 2.34 bits per heavy atom. The molecule has 29 heavy (non-hydrogen) atoms. The SMILES string of the molecule is O=C(NCCc1ccc(Oc2ccccc2)cc1)c1ccc(-c2ccncc2)s1. The Balaban J connectivity index is 1.28. The van der Waals surface area contributed by atoms with Gasteiger partial charge < -0.3 is 10.1 Å². The second-order valence-electron chi connectivity index (χ2n) is 6.46. The van der Waals surface area contributed by atoms with Gasteiger partial charge in [-0.25, -0.2) is 0 Å². The molecular weight excluding hydrogens is 380 g/mol. The van der Waals surface area contributed by atoms with E-state index in [9.17, 15) is 4.79 Å². The van der Waals surface area contributed by atoms with Gasteiger partial charge >= 0.3 is 0 Å². The van der Waals surface area contributed by atoms with E-state index in [4.69, 9.17) is 4.74 Å². The van der Waals surface area contributed by atoms with Crippen LogP contribution in [-0.2, 0) is 6.42 Å². The summed E-state index contributed by atoms with van der Waals surface area (Å²) in [7, 11) is 0. The maximum atomic E-state index is 12.4. The lowest BCUT2D eigenvalue weighted by molar-refractivity contribution is 0.0958. The zero-order valence-corrected chi connectivity index (χ0v) is 16.6. The first-order valence-corrected chi connectivity index (χ1v) is 10.2. The smallest absolute Gasteiger partial charge is 0.261 e. The van der Waals surface area contributed by atoms with Crippen LogP contribution in [0.3, 0.4) is 0 Å². The molecule has 144 valence electrons. The Kier molecular flexibility index (Phi) is 5.98. The fourth-order valence-corrected chi connectivity index (χ4v) is 3.82. The van der Waals surface area contributed by atoms with Gasteiger partial charge in [-0.15, -0.1) is 11.3 Å². The van der Waals surface area contributed by atoms with Gasteiger partial charge in [0.25, 0.3) is 5.91 Å². The average molecular weight is 401 g/mol. The summed E-state index contributed by atoms with van der Waals surface area (Å²) >= 11 is 1.49. The van der Waals surface area contributed by atoms with Crippen LogP contribution in [-0.4, -0.2) is 17.4 Å². The summed E-state index contributed by atoms with van der Waals surface area (Å²) in [5.41, 5.74) is 2.22. The molecule has 2 aromatic carbocycles. The van der Waals surface area contributed by atoms with Gasteiger partial charge in [-0.2, -0.15) is 0 Å². The van der Waals surface area contributed by atoms with E-state index < -0.39 is 0 Å². The normalized spacial score (nSPS) is 10.5. The molecule has 0 aliphatic carbocycles. The third kappa shape index (κ3) is 5.09. The van der Waals surface area contributed by atoms with Crippen molar-refractivity contribution >= 4 is 17.2 Å². The predicted molar refractivity (Wildman–Crippen MR) is 117 cm³/mol. The minimum absolute atomic E-state index is 0.0423. The highest BCUT2D eigenvalue weighted by Crippen LogP contribution is 2.27. The summed E-state index contributed by atoms with van der Waals surface area (Å²) in [6.45, 7) is 0.584. The van der Waals surface area contributed by atoms with E-state index in [0.717, 1.165) is 33.9 Å². The van der Waals surface area contributed by atoms with Crippen LogP contribution in [0.25, 0.3) is 10.4 Å². The molecule has 0 aliphatic heterocycles. The number of amides is 1. The van der Waals surface area contributed by atoms with E-state index in [0.29, 0.717) is 11.4 Å². The standard InChI is InChI=1S/C24H20N2O2S/c27-24(23-11-10-22(29-23)19-13-15-25-16-14-19)26-17-12-18-6-8-21(9-7-18)28-20-4-2-1-3-5-20/h1-11,13-16H,12,17H2,(H,26,27). The van der Waals surface area contributed by atoms with Crippen molar-refractivity contribution in [2.45, 2.75) is 6.42 Å². The Morgan fingerprint density at radius 2 is 1.59 bits per heavy atom. The Morgan fingerprint density at radius 1 is 0.862 bits per heavy atom. The van der Waals surface area contributed by atoms with Gasteiger partial charge in [-0.3, -0.25) is 9.78 Å². The van der Waals surface area contributed by atoms with Crippen LogP contribution in [0.4, 0.5) is 0 Å². The number of ether oxygens (including phenoxy) is 1. The second kappa shape index (κ2) is 9.17. The maximum Gasteiger partial charge on any atom is 0.261 e. The highest BCUT2D eigenvalue weighted by atomic mass is 32.1. The number of benzene rings is 2. The number of hydrogen-bond donors (Lipinski definition) is 1. The van der Waals surface area contributed by atoms with Crippen LogP contribution in [0.2, 0.25) is 0 Å². The van der Waals surface area contributed by atoms with Crippen molar-refractivity contribution in [2.24, 2.45) is 0 Å². The van der Waals surface area contributed by atoms with Crippen LogP contribution >= 0.6 is 11.3 Å². The van der Waals surface area contributed by atoms with Gasteiger partial charge in [0.1, 0.15) is 11.5 Å². The highest BCUT2D eigenvalue weighted by molar-refractivity contribution is 7.17. The van der Waals surface area contributed by atoms with E-state index in [1.54, 1.807) is 12.4 Å². The fourth-order valence-electron chi connectivity index (χ4n) is 2.89. The number of thiophene rings is 1. The van der Waals surface area contributed by atoms with Crippen molar-refractivity contribution in [1.29, 1.82) is 0 Å². The zero-order valence-electron chi connectivity index (χ0n) is 15.7. The number of hydrogen-bond acceptors (Lipinski definition) is 4. The van der Waals surface area contributed by atoms with Crippen LogP contribution in [0, 0.1) is 0 Å². The van der Waals surface area contributed by atoms with Gasteiger partial charge in [0.2, 0.25) is 0 Å². The summed E-state index contributed by atoms with van der Waals surface area (Å²) in [6, 6.07) is 25.4. The summed E-state index contributed by atoms with van der Waals surface area (Å²) in [4.78, 5) is 18.2. The molecule has 0 spiro atoms. The first-order valence-electron chi connectivity index (χ1n) is 9.38. The molecule has 5 heteroatoms. The molecule has 0 bridgehead atoms. The van der Waals surface area contributed by atoms with Crippen molar-refractivity contribution in [3.63, 3.8) is 0 Å². The minimum atomic E-state index is -0.0423. The van der Waals surface area contributed by atoms with E-state index in [-0.39, 0.29) is 5.91 Å². The van der Waals surface area contributed by atoms with E-state index >= 15 is 0 Å². The van der Waals surface area contributed by atoms with Crippen molar-refractivity contribution in [1.82, 2.24) is 10.3 Å². The molecular formula is C24H20N2O2S. The minimum Gasteiger partial charge on any atom is -0.457 e. The summed E-state index contributed by atoms with van der Waals surface area (Å²) in [5, 5.41) is 2.99. The molecule has 1 N–H and O–H groups in total. The first-order chi connectivity index (χ1) is 14.3.